The van der Waals surface area contributed by atoms with Crippen molar-refractivity contribution in [3.8, 4) is 0 Å². The second-order valence-corrected chi connectivity index (χ2v) is 11.8. The van der Waals surface area contributed by atoms with Crippen LogP contribution in [0, 0.1) is 23.2 Å². The topological polar surface area (TPSA) is 46.9 Å². The van der Waals surface area contributed by atoms with Crippen molar-refractivity contribution >= 4 is 0 Å². The number of aliphatic hydroxyl groups is 2. The van der Waals surface area contributed by atoms with Gasteiger partial charge >= 0.3 is 0 Å². The minimum Gasteiger partial charge on any atom is -0.388 e. The highest BCUT2D eigenvalue weighted by molar-refractivity contribution is 5.29. The maximum atomic E-state index is 10.2. The van der Waals surface area contributed by atoms with Gasteiger partial charge in [0.05, 0.1) is 12.2 Å². The Morgan fingerprint density at radius 1 is 1.16 bits per heavy atom. The Morgan fingerprint density at radius 2 is 1.88 bits per heavy atom. The molecule has 4 fully saturated rings. The molecule has 4 rings (SSSR count). The van der Waals surface area contributed by atoms with E-state index in [1.54, 1.807) is 5.57 Å². The van der Waals surface area contributed by atoms with Crippen LogP contribution in [0.4, 0.5) is 0 Å². The number of rotatable bonds is 4. The SMILES string of the molecule is C=C1[C@H](O)CC(=C/C=C2\CCC[C@]3(C)[C@@H](C(C)CN4CCN(C)C[C@H]4C)CC[C@@H]23)C[C@H]1O. The summed E-state index contributed by atoms with van der Waals surface area (Å²) in [5.41, 5.74) is 3.76. The average molecular weight is 443 g/mol. The van der Waals surface area contributed by atoms with Crippen LogP contribution < -0.4 is 0 Å². The van der Waals surface area contributed by atoms with E-state index in [-0.39, 0.29) is 0 Å². The van der Waals surface area contributed by atoms with Crippen LogP contribution in [0.2, 0.25) is 0 Å². The number of aliphatic hydroxyl groups excluding tert-OH is 2. The summed E-state index contributed by atoms with van der Waals surface area (Å²) < 4.78 is 0. The molecule has 0 bridgehead atoms. The predicted octanol–water partition coefficient (Wildman–Crippen LogP) is 4.40. The first-order valence-corrected chi connectivity index (χ1v) is 13.0. The maximum absolute atomic E-state index is 10.2. The van der Waals surface area contributed by atoms with Crippen LogP contribution in [-0.4, -0.2) is 71.5 Å². The van der Waals surface area contributed by atoms with Gasteiger partial charge in [-0.25, -0.2) is 0 Å². The molecule has 4 aliphatic rings. The standard InChI is InChI=1S/C28H46N2O2/c1-19(17-30-14-13-29(5)18-20(30)2)24-10-11-25-23(7-6-12-28(24,25)4)9-8-22-15-26(31)21(3)27(32)16-22/h8-9,19-20,24-27,31-32H,3,6-7,10-18H2,1-2,4-5H3/b23-9+/t19?,20-,24-,25+,26-,27-,28-/m1/s1. The number of nitrogens with zero attached hydrogens (tertiary/aromatic N) is 2. The summed E-state index contributed by atoms with van der Waals surface area (Å²) in [4.78, 5) is 5.20. The highest BCUT2D eigenvalue weighted by Crippen LogP contribution is 2.59. The number of hydrogen-bond donors (Lipinski definition) is 2. The van der Waals surface area contributed by atoms with Crippen LogP contribution in [0.5, 0.6) is 0 Å². The molecule has 32 heavy (non-hydrogen) atoms. The lowest BCUT2D eigenvalue weighted by Crippen LogP contribution is -2.52. The highest BCUT2D eigenvalue weighted by Gasteiger charge is 2.50. The molecule has 7 atom stereocenters. The molecule has 1 unspecified atom stereocenters. The molecule has 4 nitrogen and oxygen atoms in total. The molecule has 0 amide bonds. The minimum atomic E-state index is -0.603. The minimum absolute atomic E-state index is 0.414. The monoisotopic (exact) mass is 442 g/mol. The first-order chi connectivity index (χ1) is 15.2. The number of likely N-dealkylation sites (N-methyl/N-ethyl adjacent to an activating group) is 1. The van der Waals surface area contributed by atoms with Crippen LogP contribution in [0.25, 0.3) is 0 Å². The number of piperazine rings is 1. The van der Waals surface area contributed by atoms with E-state index in [0.717, 1.165) is 17.4 Å². The molecule has 0 aromatic heterocycles. The van der Waals surface area contributed by atoms with Gasteiger partial charge in [0.1, 0.15) is 0 Å². The summed E-state index contributed by atoms with van der Waals surface area (Å²) in [5.74, 6) is 2.24. The van der Waals surface area contributed by atoms with Crippen molar-refractivity contribution in [2.45, 2.75) is 84.0 Å². The van der Waals surface area contributed by atoms with E-state index in [9.17, 15) is 10.2 Å². The van der Waals surface area contributed by atoms with Crippen molar-refractivity contribution in [3.05, 3.63) is 35.5 Å². The molecular formula is C28H46N2O2. The number of fused-ring (bicyclic) bond motifs is 1. The van der Waals surface area contributed by atoms with Gasteiger partial charge < -0.3 is 15.1 Å². The van der Waals surface area contributed by atoms with Gasteiger partial charge in [-0.3, -0.25) is 4.90 Å². The summed E-state index contributed by atoms with van der Waals surface area (Å²) in [5, 5.41) is 20.4. The van der Waals surface area contributed by atoms with Gasteiger partial charge in [-0.1, -0.05) is 43.7 Å². The Kier molecular flexibility index (Phi) is 7.36. The Morgan fingerprint density at radius 3 is 2.56 bits per heavy atom. The maximum Gasteiger partial charge on any atom is 0.0809 e. The molecule has 0 spiro atoms. The van der Waals surface area contributed by atoms with Crippen molar-refractivity contribution in [2.24, 2.45) is 23.2 Å². The van der Waals surface area contributed by atoms with Gasteiger partial charge in [0.2, 0.25) is 0 Å². The fourth-order valence-corrected chi connectivity index (χ4v) is 7.59. The summed E-state index contributed by atoms with van der Waals surface area (Å²) in [7, 11) is 2.25. The predicted molar refractivity (Wildman–Crippen MR) is 132 cm³/mol. The fourth-order valence-electron chi connectivity index (χ4n) is 7.59. The zero-order valence-corrected chi connectivity index (χ0v) is 20.9. The summed E-state index contributed by atoms with van der Waals surface area (Å²) in [6.45, 7) is 16.2. The van der Waals surface area contributed by atoms with E-state index < -0.39 is 12.2 Å². The molecule has 2 N–H and O–H groups in total. The van der Waals surface area contributed by atoms with E-state index in [2.05, 4.69) is 56.3 Å². The second kappa shape index (κ2) is 9.74. The Balaban J connectivity index is 1.44. The first kappa shape index (κ1) is 24.2. The molecule has 180 valence electrons. The normalized spacial score (nSPS) is 41.7. The average Bonchev–Trinajstić information content (AvgIpc) is 3.10. The second-order valence-electron chi connectivity index (χ2n) is 11.8. The smallest absolute Gasteiger partial charge is 0.0809 e. The third kappa shape index (κ3) is 4.80. The van der Waals surface area contributed by atoms with E-state index in [1.807, 2.05) is 0 Å². The first-order valence-electron chi connectivity index (χ1n) is 13.0. The van der Waals surface area contributed by atoms with Crippen LogP contribution >= 0.6 is 0 Å². The molecule has 1 aliphatic heterocycles. The Hall–Kier alpha value is -0.940. The summed E-state index contributed by atoms with van der Waals surface area (Å²) >= 11 is 0. The third-order valence-electron chi connectivity index (χ3n) is 9.52. The van der Waals surface area contributed by atoms with Crippen LogP contribution in [-0.2, 0) is 0 Å². The lowest BCUT2D eigenvalue weighted by molar-refractivity contribution is 0.0434. The van der Waals surface area contributed by atoms with E-state index in [1.165, 1.54) is 58.3 Å². The van der Waals surface area contributed by atoms with Gasteiger partial charge in [-0.15, -0.1) is 0 Å². The molecular weight excluding hydrogens is 396 g/mol. The van der Waals surface area contributed by atoms with Crippen molar-refractivity contribution in [2.75, 3.05) is 33.2 Å². The molecule has 3 saturated carbocycles. The summed E-state index contributed by atoms with van der Waals surface area (Å²) in [6, 6.07) is 0.659. The number of allylic oxidation sites excluding steroid dienone is 3. The van der Waals surface area contributed by atoms with Crippen LogP contribution in [0.1, 0.15) is 65.7 Å². The largest absolute Gasteiger partial charge is 0.388 e. The molecule has 1 saturated heterocycles. The van der Waals surface area contributed by atoms with E-state index >= 15 is 0 Å². The van der Waals surface area contributed by atoms with Crippen molar-refractivity contribution < 1.29 is 10.2 Å². The van der Waals surface area contributed by atoms with Crippen molar-refractivity contribution in [1.29, 1.82) is 0 Å². The van der Waals surface area contributed by atoms with Gasteiger partial charge in [-0.2, -0.15) is 0 Å². The fraction of sp³-hybridized carbons (Fsp3) is 0.786. The molecule has 3 aliphatic carbocycles. The molecule has 0 aromatic rings. The highest BCUT2D eigenvalue weighted by atomic mass is 16.3. The zero-order chi connectivity index (χ0) is 23.0. The van der Waals surface area contributed by atoms with E-state index in [4.69, 9.17) is 0 Å². The lowest BCUT2D eigenvalue weighted by atomic mass is 9.61. The van der Waals surface area contributed by atoms with Crippen LogP contribution in [0.3, 0.4) is 0 Å². The molecule has 1 heterocycles. The van der Waals surface area contributed by atoms with Gasteiger partial charge in [0.15, 0.2) is 0 Å². The zero-order valence-electron chi connectivity index (χ0n) is 20.9. The van der Waals surface area contributed by atoms with Gasteiger partial charge in [0.25, 0.3) is 0 Å². The molecule has 4 heteroatoms. The Labute approximate surface area is 196 Å². The molecule has 0 aromatic carbocycles. The third-order valence-corrected chi connectivity index (χ3v) is 9.52. The van der Waals surface area contributed by atoms with E-state index in [0.29, 0.717) is 35.8 Å². The van der Waals surface area contributed by atoms with Gasteiger partial charge in [-0.05, 0) is 87.7 Å². The van der Waals surface area contributed by atoms with Gasteiger partial charge in [0, 0.05) is 32.2 Å². The quantitative estimate of drug-likeness (QED) is 0.634. The van der Waals surface area contributed by atoms with Crippen molar-refractivity contribution in [3.63, 3.8) is 0 Å². The number of hydrogen-bond acceptors (Lipinski definition) is 4. The Bertz CT molecular complexity index is 743. The van der Waals surface area contributed by atoms with Crippen LogP contribution in [0.15, 0.2) is 35.5 Å². The van der Waals surface area contributed by atoms with Crippen molar-refractivity contribution in [1.82, 2.24) is 9.80 Å². The molecule has 0 radical (unpaired) electrons. The summed E-state index contributed by atoms with van der Waals surface area (Å²) in [6.07, 6.45) is 11.1. The lowest BCUT2D eigenvalue weighted by Gasteiger charge is -2.46.